The first kappa shape index (κ1) is 7.44. The second-order valence-electron chi connectivity index (χ2n) is 1.08. The minimum atomic E-state index is -3.80. The van der Waals surface area contributed by atoms with Crippen LogP contribution >= 0.6 is 19.2 Å². The van der Waals surface area contributed by atoms with E-state index in [-0.39, 0.29) is 12.0 Å². The molecule has 0 rings (SSSR count). The van der Waals surface area contributed by atoms with Gasteiger partial charge < -0.3 is 9.79 Å². The highest BCUT2D eigenvalue weighted by atomic mass is 35.5. The summed E-state index contributed by atoms with van der Waals surface area (Å²) in [5.41, 5.74) is 0. The fourth-order valence-corrected chi connectivity index (χ4v) is 0.991. The zero-order valence-electron chi connectivity index (χ0n) is 3.54. The van der Waals surface area contributed by atoms with Gasteiger partial charge in [-0.1, -0.05) is 0 Å². The molecule has 0 aliphatic carbocycles. The lowest BCUT2D eigenvalue weighted by Gasteiger charge is -1.95. The maximum absolute atomic E-state index is 9.84. The molecule has 44 valence electrons. The van der Waals surface area contributed by atoms with Gasteiger partial charge in [0.05, 0.1) is 6.16 Å². The maximum atomic E-state index is 9.84. The van der Waals surface area contributed by atoms with Crippen molar-refractivity contribution in [2.24, 2.45) is 0 Å². The summed E-state index contributed by atoms with van der Waals surface area (Å²) in [7, 11) is -3.80. The molecule has 0 atom stereocenters. The van der Waals surface area contributed by atoms with Crippen molar-refractivity contribution >= 4 is 19.2 Å². The lowest BCUT2D eigenvalue weighted by Crippen LogP contribution is -1.86. The summed E-state index contributed by atoms with van der Waals surface area (Å²) >= 11 is 4.99. The highest BCUT2D eigenvalue weighted by molar-refractivity contribution is 7.51. The van der Waals surface area contributed by atoms with Crippen LogP contribution in [0.1, 0.15) is 0 Å². The van der Waals surface area contributed by atoms with Crippen LogP contribution in [-0.4, -0.2) is 21.8 Å². The second kappa shape index (κ2) is 2.68. The van der Waals surface area contributed by atoms with Crippen molar-refractivity contribution in [3.05, 3.63) is 0 Å². The SMILES string of the molecule is O=P(O)(O)[13CH2][13CH2]Cl. The molecule has 0 aromatic heterocycles. The summed E-state index contributed by atoms with van der Waals surface area (Å²) in [6.07, 6.45) is -0.228. The monoisotopic (exact) mass is 146 g/mol. The maximum Gasteiger partial charge on any atom is 0.326 e. The van der Waals surface area contributed by atoms with Crippen LogP contribution in [0.3, 0.4) is 0 Å². The van der Waals surface area contributed by atoms with Crippen molar-refractivity contribution in [1.29, 1.82) is 0 Å². The lowest BCUT2D eigenvalue weighted by molar-refractivity contribution is 0.375. The van der Waals surface area contributed by atoms with Gasteiger partial charge in [0.25, 0.3) is 0 Å². The van der Waals surface area contributed by atoms with Crippen molar-refractivity contribution in [1.82, 2.24) is 0 Å². The molecule has 0 saturated heterocycles. The third-order valence-corrected chi connectivity index (χ3v) is 1.63. The van der Waals surface area contributed by atoms with E-state index in [4.69, 9.17) is 21.4 Å². The fourth-order valence-electron chi connectivity index (χ4n) is 0.110. The van der Waals surface area contributed by atoms with E-state index in [9.17, 15) is 4.57 Å². The number of hydrogen-bond acceptors (Lipinski definition) is 1. The molecule has 0 radical (unpaired) electrons. The van der Waals surface area contributed by atoms with Crippen molar-refractivity contribution in [3.63, 3.8) is 0 Å². The van der Waals surface area contributed by atoms with E-state index in [1.165, 1.54) is 0 Å². The Morgan fingerprint density at radius 3 is 2.00 bits per heavy atom. The fraction of sp³-hybridized carbons (Fsp3) is 1.00. The molecule has 0 amide bonds. The zero-order chi connectivity index (χ0) is 5.91. The molecule has 0 heterocycles. The molecule has 5 heteroatoms. The molecular weight excluding hydrogens is 140 g/mol. The van der Waals surface area contributed by atoms with Crippen molar-refractivity contribution in [2.75, 3.05) is 12.0 Å². The van der Waals surface area contributed by atoms with E-state index in [0.717, 1.165) is 0 Å². The Labute approximate surface area is 46.5 Å². The summed E-state index contributed by atoms with van der Waals surface area (Å²) in [6.45, 7) is 0. The van der Waals surface area contributed by atoms with E-state index >= 15 is 0 Å². The van der Waals surface area contributed by atoms with E-state index in [1.807, 2.05) is 0 Å². The van der Waals surface area contributed by atoms with Crippen LogP contribution in [0.15, 0.2) is 0 Å². The third-order valence-electron chi connectivity index (χ3n) is 0.376. The van der Waals surface area contributed by atoms with Crippen LogP contribution in [0.4, 0.5) is 0 Å². The molecule has 7 heavy (non-hydrogen) atoms. The van der Waals surface area contributed by atoms with Crippen molar-refractivity contribution in [3.8, 4) is 0 Å². The van der Waals surface area contributed by atoms with Crippen LogP contribution < -0.4 is 0 Å². The highest BCUT2D eigenvalue weighted by Crippen LogP contribution is 2.33. The minimum Gasteiger partial charge on any atom is -0.324 e. The summed E-state index contributed by atoms with van der Waals surface area (Å²) in [5, 5.41) is 0. The molecule has 3 nitrogen and oxygen atoms in total. The van der Waals surface area contributed by atoms with Gasteiger partial charge in [-0.25, -0.2) is 0 Å². The lowest BCUT2D eigenvalue weighted by atomic mass is 12.0. The predicted molar refractivity (Wildman–Crippen MR) is 27.6 cm³/mol. The molecule has 0 unspecified atom stereocenters. The number of halogens is 1. The van der Waals surface area contributed by atoms with Gasteiger partial charge in [0.2, 0.25) is 0 Å². The quantitative estimate of drug-likeness (QED) is 0.337. The largest absolute Gasteiger partial charge is 0.326 e. The Kier molecular flexibility index (Phi) is 2.84. The Balaban J connectivity index is 3.36. The Bertz CT molecular complexity index is 86.9. The first-order valence-corrected chi connectivity index (χ1v) is 4.00. The van der Waals surface area contributed by atoms with Crippen LogP contribution in [0.25, 0.3) is 0 Å². The first-order valence-electron chi connectivity index (χ1n) is 1.67. The highest BCUT2D eigenvalue weighted by Gasteiger charge is 2.09. The van der Waals surface area contributed by atoms with Crippen molar-refractivity contribution in [2.45, 2.75) is 0 Å². The molecule has 0 saturated carbocycles. The normalized spacial score (nSPS) is 11.9. The minimum absolute atomic E-state index is 0.0181. The van der Waals surface area contributed by atoms with Gasteiger partial charge in [0.1, 0.15) is 0 Å². The zero-order valence-corrected chi connectivity index (χ0v) is 5.19. The van der Waals surface area contributed by atoms with Gasteiger partial charge >= 0.3 is 7.60 Å². The number of hydrogen-bond donors (Lipinski definition) is 2. The standard InChI is InChI=1S/C2H6ClO3P/c3-1-2-7(4,5)6/h1-2H2,(H2,4,5,6)/i1+1,2+1. The van der Waals surface area contributed by atoms with E-state index in [2.05, 4.69) is 0 Å². The average Bonchev–Trinajstić information content (AvgIpc) is 1.30. The summed E-state index contributed by atoms with van der Waals surface area (Å²) in [4.78, 5) is 16.1. The molecule has 0 aliphatic rings. The van der Waals surface area contributed by atoms with Gasteiger partial charge in [-0.2, -0.15) is 0 Å². The summed E-state index contributed by atoms with van der Waals surface area (Å²) < 4.78 is 9.84. The summed E-state index contributed by atoms with van der Waals surface area (Å²) in [5.74, 6) is 0.0181. The number of alkyl halides is 1. The van der Waals surface area contributed by atoms with E-state index in [0.29, 0.717) is 0 Å². The topological polar surface area (TPSA) is 57.5 Å². The van der Waals surface area contributed by atoms with Gasteiger partial charge in [0.15, 0.2) is 0 Å². The first-order chi connectivity index (χ1) is 3.06. The van der Waals surface area contributed by atoms with Crippen LogP contribution in [-0.2, 0) is 4.57 Å². The van der Waals surface area contributed by atoms with Crippen LogP contribution in [0.5, 0.6) is 0 Å². The average molecular weight is 146 g/mol. The summed E-state index contributed by atoms with van der Waals surface area (Å²) in [6, 6.07) is 0. The molecule has 0 aromatic carbocycles. The smallest absolute Gasteiger partial charge is 0.324 e. The van der Waals surface area contributed by atoms with Gasteiger partial charge in [-0.3, -0.25) is 4.57 Å². The number of rotatable bonds is 2. The van der Waals surface area contributed by atoms with E-state index in [1.54, 1.807) is 0 Å². The predicted octanol–water partition coefficient (Wildman–Crippen LogP) is 0.403. The van der Waals surface area contributed by atoms with Gasteiger partial charge in [0, 0.05) is 5.88 Å². The van der Waals surface area contributed by atoms with E-state index < -0.39 is 7.60 Å². The van der Waals surface area contributed by atoms with Crippen molar-refractivity contribution < 1.29 is 14.4 Å². The molecule has 0 spiro atoms. The molecular formula is C2H6ClO3P. The third kappa shape index (κ3) is 6.44. The molecule has 0 aliphatic heterocycles. The Hall–Kier alpha value is 0.440. The van der Waals surface area contributed by atoms with Crippen LogP contribution in [0.2, 0.25) is 0 Å². The Morgan fingerprint density at radius 1 is 1.57 bits per heavy atom. The second-order valence-corrected chi connectivity index (χ2v) is 3.23. The molecule has 0 fully saturated rings. The molecule has 2 N–H and O–H groups in total. The van der Waals surface area contributed by atoms with Gasteiger partial charge in [-0.15, -0.1) is 11.6 Å². The molecule has 0 bridgehead atoms. The van der Waals surface area contributed by atoms with Crippen LogP contribution in [0, 0.1) is 0 Å². The van der Waals surface area contributed by atoms with Gasteiger partial charge in [-0.05, 0) is 0 Å². The molecule has 0 aromatic rings. The Morgan fingerprint density at radius 2 is 2.00 bits per heavy atom.